The van der Waals surface area contributed by atoms with Crippen LogP contribution < -0.4 is 61.7 Å². The van der Waals surface area contributed by atoms with E-state index in [-0.39, 0.29) is 58.4 Å². The molecular formula is C108H66N12P6S6Zn3. The fraction of sp³-hybridized carbons (Fsp3) is 0. The minimum Gasteiger partial charge on any atom is -0.657 e. The largest absolute Gasteiger partial charge is 2.00 e. The second-order valence-corrected chi connectivity index (χ2v) is 40.6. The summed E-state index contributed by atoms with van der Waals surface area (Å²) in [5.41, 5.74) is 33.3. The van der Waals surface area contributed by atoms with E-state index in [0.717, 1.165) is 327 Å². The van der Waals surface area contributed by atoms with Crippen molar-refractivity contribution < 1.29 is 58.4 Å². The van der Waals surface area contributed by atoms with E-state index in [9.17, 15) is 0 Å². The van der Waals surface area contributed by atoms with Crippen LogP contribution in [0.15, 0.2) is 321 Å². The Morgan fingerprint density at radius 1 is 0.141 bits per heavy atom. The minimum absolute atomic E-state index is 0. The fourth-order valence-corrected chi connectivity index (χ4v) is 21.8. The Labute approximate surface area is 858 Å². The van der Waals surface area contributed by atoms with E-state index in [1.807, 2.05) is 36.4 Å². The van der Waals surface area contributed by atoms with Gasteiger partial charge in [-0.2, -0.15) is 0 Å². The topological polar surface area (TPSA) is 162 Å². The third-order valence-corrected chi connectivity index (χ3v) is 28.9. The number of fused-ring (bicyclic) bond motifs is 60. The summed E-state index contributed by atoms with van der Waals surface area (Å²) in [6.07, 6.45) is 0. The van der Waals surface area contributed by atoms with Crippen molar-refractivity contribution in [1.29, 1.82) is 0 Å². The number of nitrogens with zero attached hydrogens (tertiary/aromatic N) is 12. The maximum Gasteiger partial charge on any atom is 2.00 e. The van der Waals surface area contributed by atoms with Gasteiger partial charge in [0.05, 0.1) is 68.3 Å². The first-order valence-electron chi connectivity index (χ1n) is 42.2. The van der Waals surface area contributed by atoms with Crippen LogP contribution in [0.1, 0.15) is 0 Å². The van der Waals surface area contributed by atoms with Crippen LogP contribution in [0, 0.1) is 0 Å². The van der Waals surface area contributed by atoms with E-state index < -0.39 is 0 Å². The normalized spacial score (nSPS) is 11.8. The van der Waals surface area contributed by atoms with Gasteiger partial charge in [0.25, 0.3) is 0 Å². The Morgan fingerprint density at radius 3 is 0.496 bits per heavy atom. The van der Waals surface area contributed by atoms with Gasteiger partial charge in [-0.25, -0.2) is 29.9 Å². The zero-order valence-electron chi connectivity index (χ0n) is 71.3. The van der Waals surface area contributed by atoms with Crippen LogP contribution in [0.5, 0.6) is 0 Å². The molecule has 0 amide bonds. The third kappa shape index (κ3) is 16.2. The van der Waals surface area contributed by atoms with Crippen LogP contribution in [0.4, 0.5) is 0 Å². The molecule has 0 saturated carbocycles. The number of thiol groups is 6. The second-order valence-electron chi connectivity index (χ2n) is 33.5. The first kappa shape index (κ1) is 90.3. The zero-order chi connectivity index (χ0) is 89.1. The first-order chi connectivity index (χ1) is 64.1. The molecule has 27 heteroatoms. The van der Waals surface area contributed by atoms with Crippen molar-refractivity contribution in [3.8, 4) is 135 Å². The molecule has 6 unspecified atom stereocenters. The van der Waals surface area contributed by atoms with Crippen LogP contribution >= 0.6 is 131 Å². The van der Waals surface area contributed by atoms with Gasteiger partial charge < -0.3 is 29.9 Å². The van der Waals surface area contributed by atoms with Crippen LogP contribution in [-0.4, -0.2) is 29.9 Å². The Morgan fingerprint density at radius 2 is 0.281 bits per heavy atom. The molecule has 6 atom stereocenters. The first-order valence-corrected chi connectivity index (χ1v) is 48.4. The number of benzene rings is 12. The van der Waals surface area contributed by atoms with Gasteiger partial charge in [0, 0.05) is 96.1 Å². The zero-order valence-corrected chi connectivity index (χ0v) is 92.5. The molecule has 12 aromatic carbocycles. The van der Waals surface area contributed by atoms with Crippen molar-refractivity contribution in [3.05, 3.63) is 291 Å². The van der Waals surface area contributed by atoms with Crippen LogP contribution in [0.25, 0.3) is 266 Å². The molecule has 0 aliphatic carbocycles. The number of hydrogen-bond donors (Lipinski definition) is 6. The van der Waals surface area contributed by atoms with Gasteiger partial charge in [-0.05, 0) is 278 Å². The van der Waals surface area contributed by atoms with Gasteiger partial charge in [0.15, 0.2) is 0 Å². The maximum atomic E-state index is 5.19. The number of rotatable bonds is 0. The smallest absolute Gasteiger partial charge is 0.657 e. The van der Waals surface area contributed by atoms with Crippen LogP contribution in [0.2, 0.25) is 0 Å². The van der Waals surface area contributed by atoms with Gasteiger partial charge in [-0.15, -0.1) is 197 Å². The summed E-state index contributed by atoms with van der Waals surface area (Å²) in [6.45, 7) is 0. The van der Waals surface area contributed by atoms with Crippen molar-refractivity contribution in [2.45, 2.75) is 29.4 Å². The summed E-state index contributed by atoms with van der Waals surface area (Å²) in [5, 5.41) is 19.2. The number of aromatic nitrogens is 12. The summed E-state index contributed by atoms with van der Waals surface area (Å²) in [5.74, 6) is 0. The van der Waals surface area contributed by atoms with E-state index in [2.05, 4.69) is 386 Å². The summed E-state index contributed by atoms with van der Waals surface area (Å²) in [6, 6.07) is 101. The molecule has 135 heavy (non-hydrogen) atoms. The average molecular weight is 2110 g/mol. The Hall–Kier alpha value is -9.89. The third-order valence-electron chi connectivity index (χ3n) is 25.1. The molecule has 0 spiro atoms. The molecule has 6 aliphatic rings. The van der Waals surface area contributed by atoms with Crippen molar-refractivity contribution >= 4 is 294 Å². The molecule has 27 rings (SSSR count). The van der Waals surface area contributed by atoms with Gasteiger partial charge >= 0.3 is 58.4 Å². The monoisotopic (exact) mass is 2100 g/mol. The maximum absolute atomic E-state index is 5.19. The van der Waals surface area contributed by atoms with Crippen molar-refractivity contribution in [2.24, 2.45) is 0 Å². The van der Waals surface area contributed by atoms with E-state index in [4.69, 9.17) is 59.8 Å². The second kappa shape index (κ2) is 35.5. The summed E-state index contributed by atoms with van der Waals surface area (Å²) < 4.78 is 0. The van der Waals surface area contributed by atoms with Crippen LogP contribution in [0.3, 0.4) is 0 Å². The summed E-state index contributed by atoms with van der Waals surface area (Å²) in [4.78, 5) is 67.4. The molecule has 630 valence electrons. The predicted molar refractivity (Wildman–Crippen MR) is 588 cm³/mol. The number of hydrogen-bond acceptors (Lipinski definition) is 12. The molecular weight excluding hydrogens is 2040 g/mol. The van der Waals surface area contributed by atoms with Gasteiger partial charge in [0.1, 0.15) is 0 Å². The Kier molecular flexibility index (Phi) is 23.8. The Bertz CT molecular complexity index is 9240. The molecule has 0 saturated heterocycles. The molecule has 0 N–H and O–H groups in total. The van der Waals surface area contributed by atoms with E-state index in [1.54, 1.807) is 0 Å². The van der Waals surface area contributed by atoms with Crippen LogP contribution in [-0.2, 0) is 58.4 Å². The van der Waals surface area contributed by atoms with E-state index in [0.29, 0.717) is 0 Å². The molecule has 0 radical (unpaired) electrons. The predicted octanol–water partition coefficient (Wildman–Crippen LogP) is 24.4. The fourth-order valence-electron chi connectivity index (χ4n) is 19.0. The summed E-state index contributed by atoms with van der Waals surface area (Å²) in [7, 11) is 16.9. The van der Waals surface area contributed by atoms with E-state index in [1.165, 1.54) is 0 Å². The standard InChI is InChI=1S/3C36H22N4P2S2.3Zn/c41-17-1-5-21-25(9-17)34-14-31-23-7-3-19(43)11-27(23)36(39-31)16-32-24-8-4-20(44)12-28(24)35(40-32)15-30-22-6-2-18(42)10-26(22)33(38-30)13-29(21)37-34;41-17-1-5-21-25(9-17)33-14-31-22-6-2-18(42)10-26(22)34(38-31)16-36-28-12-20(44)4-8-24(28)32(40-36)15-35-27-11-19(43)3-7-23(27)30(39-35)13-29(21)37-33;41-17-1-5-21-25(9-17)33-14-31-23-7-3-19(43)11-27(23)35(39-31)15-32-24-8-4-20(44)12-28(24)36(40-32)16-34-26-10-18(42)2-6-22(26)30(38-34)13-29(21)37-33;;;/h3*1-16H,41-42H2,(H2-2,37,38,39,40,43,44);;;/q3*-2;3*+2. The SMILES string of the molecule is Pc1ccc2c(c1)-c1cc3[n-]c(cc4nc(cc5[n-]c(cc-2n1)c1cc(P)ccc51)-c1cc(S)ccc1-4)c1cc(S)ccc31.Pc1ccc2c(c1)-c1cc3[n-]c(cc4nc(cc5[n-]c(cc-2n1)c1ccc(P)cc51)-c1cc(S)ccc1-4)c1cc(S)ccc31.Pc1ccc2c(c1)-c1cc3[n-]c(cc4nc(cc5[n-]c(cc-2n1)c1ccc(S)cc51)-c1ccc(S)cc1-4)c1cc(P)ccc31.[Zn+2].[Zn+2].[Zn+2]. The molecule has 6 aliphatic heterocycles. The molecule has 15 heterocycles. The van der Waals surface area contributed by atoms with Gasteiger partial charge in [0.2, 0.25) is 0 Å². The minimum atomic E-state index is 0. The molecule has 12 nitrogen and oxygen atoms in total. The summed E-state index contributed by atoms with van der Waals surface area (Å²) >= 11 is 28.0. The van der Waals surface area contributed by atoms with Gasteiger partial charge in [-0.3, -0.25) is 0 Å². The average Bonchev–Trinajstić information content (AvgIpc) is 1.60. The van der Waals surface area contributed by atoms with Crippen molar-refractivity contribution in [3.63, 3.8) is 0 Å². The van der Waals surface area contributed by atoms with Crippen molar-refractivity contribution in [2.75, 3.05) is 0 Å². The molecule has 0 fully saturated rings. The molecule has 21 aromatic rings. The molecule has 24 bridgehead atoms. The van der Waals surface area contributed by atoms with Crippen molar-refractivity contribution in [1.82, 2.24) is 59.8 Å². The van der Waals surface area contributed by atoms with Gasteiger partial charge in [-0.1, -0.05) is 109 Å². The Balaban J connectivity index is 0.000000116. The molecule has 9 aromatic heterocycles. The quantitative estimate of drug-likeness (QED) is 0.0485. The van der Waals surface area contributed by atoms with E-state index >= 15 is 0 Å².